The lowest BCUT2D eigenvalue weighted by atomic mass is 10.1. The van der Waals surface area contributed by atoms with Gasteiger partial charge in [0.2, 0.25) is 0 Å². The van der Waals surface area contributed by atoms with Crippen LogP contribution in [0.5, 0.6) is 0 Å². The van der Waals surface area contributed by atoms with Crippen molar-refractivity contribution >= 4 is 23.0 Å². The van der Waals surface area contributed by atoms with Crippen LogP contribution in [0.1, 0.15) is 9.67 Å². The molecule has 0 aliphatic carbocycles. The van der Waals surface area contributed by atoms with Gasteiger partial charge in [-0.15, -0.1) is 11.3 Å². The fourth-order valence-corrected chi connectivity index (χ4v) is 2.29. The fourth-order valence-electron chi connectivity index (χ4n) is 1.46. The number of esters is 1. The Morgan fingerprint density at radius 3 is 2.59 bits per heavy atom. The molecule has 0 unspecified atom stereocenters. The fraction of sp³-hybridized carbons (Fsp3) is 0.0833. The molecular formula is C12H12NO3S+. The molecule has 5 heteroatoms. The Labute approximate surface area is 102 Å². The molecule has 0 atom stereocenters. The van der Waals surface area contributed by atoms with Gasteiger partial charge in [-0.25, -0.2) is 10.0 Å². The summed E-state index contributed by atoms with van der Waals surface area (Å²) in [5.41, 5.74) is 3.77. The predicted molar refractivity (Wildman–Crippen MR) is 64.5 cm³/mol. The van der Waals surface area contributed by atoms with Gasteiger partial charge in [-0.1, -0.05) is 0 Å². The molecule has 0 radical (unpaired) electrons. The number of methoxy groups -OCH3 is 1. The van der Waals surface area contributed by atoms with Crippen molar-refractivity contribution in [3.63, 3.8) is 0 Å². The Morgan fingerprint density at radius 1 is 1.29 bits per heavy atom. The molecule has 0 bridgehead atoms. The lowest BCUT2D eigenvalue weighted by molar-refractivity contribution is -0.825. The summed E-state index contributed by atoms with van der Waals surface area (Å²) < 4.78 is 4.66. The second kappa shape index (κ2) is 5.09. The molecule has 0 saturated heterocycles. The van der Waals surface area contributed by atoms with Crippen molar-refractivity contribution < 1.29 is 20.2 Å². The van der Waals surface area contributed by atoms with Crippen molar-refractivity contribution in [2.75, 3.05) is 7.11 Å². The lowest BCUT2D eigenvalue weighted by Gasteiger charge is -1.97. The maximum atomic E-state index is 11.3. The van der Waals surface area contributed by atoms with Crippen molar-refractivity contribution in [2.24, 2.45) is 0 Å². The van der Waals surface area contributed by atoms with Gasteiger partial charge in [0, 0.05) is 12.1 Å². The summed E-state index contributed by atoms with van der Waals surface area (Å²) in [6.07, 6.45) is 0. The van der Waals surface area contributed by atoms with E-state index in [4.69, 9.17) is 5.21 Å². The van der Waals surface area contributed by atoms with Crippen molar-refractivity contribution in [2.45, 2.75) is 0 Å². The van der Waals surface area contributed by atoms with Crippen LogP contribution in [0.4, 0.5) is 5.69 Å². The van der Waals surface area contributed by atoms with Gasteiger partial charge in [-0.2, -0.15) is 5.48 Å². The second-order valence-corrected chi connectivity index (χ2v) is 4.35. The first-order valence-corrected chi connectivity index (χ1v) is 5.87. The van der Waals surface area contributed by atoms with Gasteiger partial charge in [0.1, 0.15) is 4.88 Å². The van der Waals surface area contributed by atoms with Gasteiger partial charge in [0.25, 0.3) is 0 Å². The maximum absolute atomic E-state index is 11.3. The minimum absolute atomic E-state index is 0.318. The molecule has 0 aliphatic rings. The number of hydrogen-bond acceptors (Lipinski definition) is 4. The van der Waals surface area contributed by atoms with Gasteiger partial charge >= 0.3 is 5.97 Å². The summed E-state index contributed by atoms with van der Waals surface area (Å²) in [5, 5.41) is 10.7. The third-order valence-electron chi connectivity index (χ3n) is 2.38. The van der Waals surface area contributed by atoms with E-state index in [1.165, 1.54) is 18.4 Å². The number of carbonyl (C=O) groups excluding carboxylic acids is 1. The number of carbonyl (C=O) groups is 1. The number of ether oxygens (including phenoxy) is 1. The van der Waals surface area contributed by atoms with Crippen molar-refractivity contribution in [3.8, 4) is 11.1 Å². The van der Waals surface area contributed by atoms with Crippen molar-refractivity contribution in [1.82, 2.24) is 0 Å². The van der Waals surface area contributed by atoms with E-state index >= 15 is 0 Å². The number of quaternary nitrogens is 1. The van der Waals surface area contributed by atoms with Crippen LogP contribution >= 0.6 is 11.3 Å². The second-order valence-electron chi connectivity index (χ2n) is 3.44. The Kier molecular flexibility index (Phi) is 3.53. The van der Waals surface area contributed by atoms with Crippen LogP contribution in [0.25, 0.3) is 11.1 Å². The average Bonchev–Trinajstić information content (AvgIpc) is 2.87. The minimum Gasteiger partial charge on any atom is -0.465 e. The number of benzene rings is 1. The van der Waals surface area contributed by atoms with E-state index in [1.54, 1.807) is 6.07 Å². The van der Waals surface area contributed by atoms with E-state index in [1.807, 2.05) is 29.6 Å². The molecule has 1 aromatic carbocycles. The van der Waals surface area contributed by atoms with E-state index in [-0.39, 0.29) is 5.97 Å². The Morgan fingerprint density at radius 2 is 2.00 bits per heavy atom. The summed E-state index contributed by atoms with van der Waals surface area (Å²) in [4.78, 5) is 11.9. The monoisotopic (exact) mass is 250 g/mol. The minimum atomic E-state index is -0.318. The highest BCUT2D eigenvalue weighted by atomic mass is 32.1. The molecule has 88 valence electrons. The maximum Gasteiger partial charge on any atom is 0.348 e. The van der Waals surface area contributed by atoms with Crippen molar-refractivity contribution in [1.29, 1.82) is 0 Å². The number of hydrogen-bond donors (Lipinski definition) is 2. The zero-order valence-electron chi connectivity index (χ0n) is 9.21. The highest BCUT2D eigenvalue weighted by Crippen LogP contribution is 2.26. The third-order valence-corrected chi connectivity index (χ3v) is 3.29. The molecule has 4 nitrogen and oxygen atoms in total. The standard InChI is InChI=1S/C12H11NO3S/c1-16-12(14)11-6-9(7-17-11)8-2-4-10(13-15)5-3-8/h2-7,13,15H,1H3/p+1. The Bertz CT molecular complexity index is 519. The van der Waals surface area contributed by atoms with E-state index < -0.39 is 0 Å². The molecule has 1 heterocycles. The Hall–Kier alpha value is -1.69. The van der Waals surface area contributed by atoms with Crippen LogP contribution in [0.2, 0.25) is 0 Å². The molecule has 0 amide bonds. The summed E-state index contributed by atoms with van der Waals surface area (Å²) in [6, 6.07) is 9.21. The van der Waals surface area contributed by atoms with Gasteiger partial charge < -0.3 is 4.74 Å². The molecular weight excluding hydrogens is 238 g/mol. The highest BCUT2D eigenvalue weighted by Gasteiger charge is 2.10. The zero-order valence-corrected chi connectivity index (χ0v) is 10.0. The van der Waals surface area contributed by atoms with Crippen LogP contribution < -0.4 is 5.48 Å². The lowest BCUT2D eigenvalue weighted by Crippen LogP contribution is -2.73. The van der Waals surface area contributed by atoms with Crippen LogP contribution in [0, 0.1) is 0 Å². The molecule has 2 aromatic rings. The summed E-state index contributed by atoms with van der Waals surface area (Å²) in [6.45, 7) is 0. The first-order chi connectivity index (χ1) is 8.24. The first kappa shape index (κ1) is 11.8. The SMILES string of the molecule is COC(=O)c1cc(-c2ccc([NH2+]O)cc2)cs1. The van der Waals surface area contributed by atoms with E-state index in [0.717, 1.165) is 22.3 Å². The van der Waals surface area contributed by atoms with Gasteiger partial charge in [0.15, 0.2) is 5.69 Å². The first-order valence-electron chi connectivity index (χ1n) is 4.99. The third kappa shape index (κ3) is 2.52. The normalized spacial score (nSPS) is 10.2. The van der Waals surface area contributed by atoms with Crippen LogP contribution in [-0.2, 0) is 4.74 Å². The molecule has 3 N–H and O–H groups in total. The Balaban J connectivity index is 2.27. The zero-order chi connectivity index (χ0) is 12.3. The van der Waals surface area contributed by atoms with Gasteiger partial charge in [-0.05, 0) is 34.7 Å². The highest BCUT2D eigenvalue weighted by molar-refractivity contribution is 7.12. The van der Waals surface area contributed by atoms with Gasteiger partial charge in [-0.3, -0.25) is 0 Å². The van der Waals surface area contributed by atoms with E-state index in [9.17, 15) is 4.79 Å². The number of thiophene rings is 1. The molecule has 0 fully saturated rings. The van der Waals surface area contributed by atoms with Gasteiger partial charge in [0.05, 0.1) is 7.11 Å². The molecule has 2 rings (SSSR count). The van der Waals surface area contributed by atoms with E-state index in [2.05, 4.69) is 4.74 Å². The molecule has 1 aromatic heterocycles. The predicted octanol–water partition coefficient (Wildman–Crippen LogP) is 1.79. The van der Waals surface area contributed by atoms with Crippen molar-refractivity contribution in [3.05, 3.63) is 40.6 Å². The molecule has 17 heavy (non-hydrogen) atoms. The van der Waals surface area contributed by atoms with Crippen LogP contribution in [-0.4, -0.2) is 18.3 Å². The summed E-state index contributed by atoms with van der Waals surface area (Å²) in [7, 11) is 1.37. The molecule has 0 spiro atoms. The van der Waals surface area contributed by atoms with Crippen LogP contribution in [0.3, 0.4) is 0 Å². The largest absolute Gasteiger partial charge is 0.465 e. The topological polar surface area (TPSA) is 63.1 Å². The molecule has 0 aliphatic heterocycles. The van der Waals surface area contributed by atoms with Crippen LogP contribution in [0.15, 0.2) is 35.7 Å². The number of nitrogens with two attached hydrogens (primary N) is 1. The summed E-state index contributed by atoms with van der Waals surface area (Å²) >= 11 is 1.36. The van der Waals surface area contributed by atoms with E-state index in [0.29, 0.717) is 4.88 Å². The quantitative estimate of drug-likeness (QED) is 0.496. The number of rotatable bonds is 3. The molecule has 0 saturated carbocycles. The average molecular weight is 250 g/mol. The smallest absolute Gasteiger partial charge is 0.348 e. The summed E-state index contributed by atoms with van der Waals surface area (Å²) in [5.74, 6) is -0.318.